The maximum atomic E-state index is 13.0. The van der Waals surface area contributed by atoms with E-state index in [9.17, 15) is 9.90 Å². The smallest absolute Gasteiger partial charge is 0.260 e. The predicted octanol–water partition coefficient (Wildman–Crippen LogP) is 3.28. The highest BCUT2D eigenvalue weighted by molar-refractivity contribution is 7.17. The van der Waals surface area contributed by atoms with Crippen LogP contribution in [0.2, 0.25) is 0 Å². The number of methoxy groups -OCH3 is 2. The molecule has 10 heteroatoms. The van der Waals surface area contributed by atoms with E-state index >= 15 is 0 Å². The highest BCUT2D eigenvalue weighted by atomic mass is 32.1. The number of fused-ring (bicyclic) bond motifs is 1. The number of nitrogens with zero attached hydrogens (tertiary/aromatic N) is 2. The number of benzene rings is 1. The number of aromatic amines is 1. The molecule has 9 nitrogen and oxygen atoms in total. The SMILES string of the molecule is COCCN(Cc1nc2scc(-c3cccc(OC)c3)c2c(=O)[nH]1)CC(O)COCc1ccco1. The fourth-order valence-electron chi connectivity index (χ4n) is 3.78. The molecule has 0 amide bonds. The number of nitrogens with one attached hydrogen (secondary N) is 1. The van der Waals surface area contributed by atoms with Crippen molar-refractivity contribution in [2.24, 2.45) is 0 Å². The van der Waals surface area contributed by atoms with E-state index in [2.05, 4.69) is 4.98 Å². The summed E-state index contributed by atoms with van der Waals surface area (Å²) in [5.74, 6) is 1.96. The van der Waals surface area contributed by atoms with Gasteiger partial charge in [-0.3, -0.25) is 9.69 Å². The Balaban J connectivity index is 1.46. The summed E-state index contributed by atoms with van der Waals surface area (Å²) in [6.45, 7) is 2.18. The van der Waals surface area contributed by atoms with E-state index < -0.39 is 6.10 Å². The Hall–Kier alpha value is -3.02. The molecule has 0 saturated heterocycles. The van der Waals surface area contributed by atoms with Crippen LogP contribution in [-0.4, -0.2) is 66.6 Å². The Morgan fingerprint density at radius 3 is 2.91 bits per heavy atom. The third-order valence-electron chi connectivity index (χ3n) is 5.46. The molecule has 4 rings (SSSR count). The van der Waals surface area contributed by atoms with Gasteiger partial charge in [0, 0.05) is 31.1 Å². The molecule has 1 unspecified atom stereocenters. The number of hydrogen-bond donors (Lipinski definition) is 2. The average Bonchev–Trinajstić information content (AvgIpc) is 3.53. The molecule has 186 valence electrons. The fourth-order valence-corrected chi connectivity index (χ4v) is 4.75. The molecule has 0 aliphatic carbocycles. The summed E-state index contributed by atoms with van der Waals surface area (Å²) in [4.78, 5) is 23.3. The lowest BCUT2D eigenvalue weighted by atomic mass is 10.1. The minimum absolute atomic E-state index is 0.155. The summed E-state index contributed by atoms with van der Waals surface area (Å²) in [5.41, 5.74) is 1.53. The van der Waals surface area contributed by atoms with E-state index in [1.165, 1.54) is 11.3 Å². The maximum absolute atomic E-state index is 13.0. The average molecular weight is 500 g/mol. The molecular weight excluding hydrogens is 470 g/mol. The van der Waals surface area contributed by atoms with Gasteiger partial charge in [-0.05, 0) is 29.8 Å². The number of aliphatic hydroxyl groups is 1. The Bertz CT molecular complexity index is 1270. The zero-order valence-corrected chi connectivity index (χ0v) is 20.5. The van der Waals surface area contributed by atoms with Gasteiger partial charge in [0.1, 0.15) is 28.8 Å². The highest BCUT2D eigenvalue weighted by Gasteiger charge is 2.17. The van der Waals surface area contributed by atoms with E-state index in [1.807, 2.05) is 40.6 Å². The number of ether oxygens (including phenoxy) is 3. The van der Waals surface area contributed by atoms with E-state index in [-0.39, 0.29) is 12.2 Å². The van der Waals surface area contributed by atoms with Crippen LogP contribution in [0.4, 0.5) is 0 Å². The number of aromatic nitrogens is 2. The molecular formula is C25H29N3O6S. The monoisotopic (exact) mass is 499 g/mol. The molecule has 1 aromatic carbocycles. The summed E-state index contributed by atoms with van der Waals surface area (Å²) in [5, 5.41) is 13.0. The van der Waals surface area contributed by atoms with Crippen molar-refractivity contribution in [1.82, 2.24) is 14.9 Å². The van der Waals surface area contributed by atoms with Crippen LogP contribution in [0.1, 0.15) is 11.6 Å². The van der Waals surface area contributed by atoms with Crippen molar-refractivity contribution in [2.75, 3.05) is 40.5 Å². The van der Waals surface area contributed by atoms with Gasteiger partial charge in [-0.1, -0.05) is 12.1 Å². The number of H-pyrrole nitrogens is 1. The minimum atomic E-state index is -0.723. The van der Waals surface area contributed by atoms with Gasteiger partial charge in [0.25, 0.3) is 5.56 Å². The van der Waals surface area contributed by atoms with Crippen molar-refractivity contribution < 1.29 is 23.7 Å². The minimum Gasteiger partial charge on any atom is -0.497 e. The second kappa shape index (κ2) is 12.1. The highest BCUT2D eigenvalue weighted by Crippen LogP contribution is 2.32. The molecule has 0 aliphatic heterocycles. The molecule has 0 bridgehead atoms. The summed E-state index contributed by atoms with van der Waals surface area (Å²) in [6.07, 6.45) is 0.859. The van der Waals surface area contributed by atoms with Gasteiger partial charge in [0.15, 0.2) is 0 Å². The van der Waals surface area contributed by atoms with Crippen LogP contribution >= 0.6 is 11.3 Å². The van der Waals surface area contributed by atoms with Crippen LogP contribution in [-0.2, 0) is 22.6 Å². The molecule has 4 aromatic rings. The summed E-state index contributed by atoms with van der Waals surface area (Å²) >= 11 is 1.43. The first-order chi connectivity index (χ1) is 17.1. The van der Waals surface area contributed by atoms with Crippen molar-refractivity contribution in [1.29, 1.82) is 0 Å². The Morgan fingerprint density at radius 1 is 1.26 bits per heavy atom. The number of rotatable bonds is 13. The second-order valence-electron chi connectivity index (χ2n) is 8.05. The Labute approximate surface area is 206 Å². The van der Waals surface area contributed by atoms with Gasteiger partial charge in [-0.15, -0.1) is 11.3 Å². The Morgan fingerprint density at radius 2 is 2.14 bits per heavy atom. The van der Waals surface area contributed by atoms with E-state index in [4.69, 9.17) is 23.6 Å². The Kier molecular flexibility index (Phi) is 8.67. The van der Waals surface area contributed by atoms with Crippen LogP contribution in [0.3, 0.4) is 0 Å². The number of hydrogen-bond acceptors (Lipinski definition) is 9. The van der Waals surface area contributed by atoms with E-state index in [0.29, 0.717) is 54.6 Å². The molecule has 0 fully saturated rings. The van der Waals surface area contributed by atoms with Crippen LogP contribution in [0.25, 0.3) is 21.3 Å². The number of thiophene rings is 1. The van der Waals surface area contributed by atoms with Crippen LogP contribution in [0.5, 0.6) is 5.75 Å². The van der Waals surface area contributed by atoms with Gasteiger partial charge >= 0.3 is 0 Å². The molecule has 0 radical (unpaired) electrons. The largest absolute Gasteiger partial charge is 0.497 e. The van der Waals surface area contributed by atoms with Gasteiger partial charge in [-0.25, -0.2) is 4.98 Å². The predicted molar refractivity (Wildman–Crippen MR) is 134 cm³/mol. The topological polar surface area (TPSA) is 110 Å². The normalized spacial score (nSPS) is 12.5. The van der Waals surface area contributed by atoms with Crippen molar-refractivity contribution in [2.45, 2.75) is 19.3 Å². The maximum Gasteiger partial charge on any atom is 0.260 e. The first kappa shape index (κ1) is 25.1. The zero-order valence-electron chi connectivity index (χ0n) is 19.7. The van der Waals surface area contributed by atoms with Crippen molar-refractivity contribution in [3.63, 3.8) is 0 Å². The second-order valence-corrected chi connectivity index (χ2v) is 8.91. The molecule has 0 spiro atoms. The summed E-state index contributed by atoms with van der Waals surface area (Å²) in [7, 11) is 3.24. The van der Waals surface area contributed by atoms with Gasteiger partial charge in [-0.2, -0.15) is 0 Å². The first-order valence-corrected chi connectivity index (χ1v) is 12.1. The standard InChI is InChI=1S/C25H29N3O6S/c1-31-10-8-28(12-18(29)14-33-15-20-7-4-9-34-20)13-22-26-24(30)23-21(16-35-25(23)27-22)17-5-3-6-19(11-17)32-2/h3-7,9,11,16,18,29H,8,10,12-15H2,1-2H3,(H,26,27,30). The number of aliphatic hydroxyl groups excluding tert-OH is 1. The lowest BCUT2D eigenvalue weighted by molar-refractivity contribution is 0.0000995. The lowest BCUT2D eigenvalue weighted by Gasteiger charge is -2.24. The molecule has 3 aromatic heterocycles. The van der Waals surface area contributed by atoms with Crippen LogP contribution < -0.4 is 10.3 Å². The summed E-state index contributed by atoms with van der Waals surface area (Å²) < 4.78 is 21.3. The quantitative estimate of drug-likeness (QED) is 0.288. The molecule has 0 saturated carbocycles. The van der Waals surface area contributed by atoms with Crippen molar-refractivity contribution >= 4 is 21.6 Å². The fraction of sp³-hybridized carbons (Fsp3) is 0.360. The van der Waals surface area contributed by atoms with E-state index in [1.54, 1.807) is 26.5 Å². The van der Waals surface area contributed by atoms with Crippen LogP contribution in [0.15, 0.2) is 57.3 Å². The summed E-state index contributed by atoms with van der Waals surface area (Å²) in [6, 6.07) is 11.2. The van der Waals surface area contributed by atoms with Crippen LogP contribution in [0, 0.1) is 0 Å². The van der Waals surface area contributed by atoms with E-state index in [0.717, 1.165) is 16.9 Å². The molecule has 3 heterocycles. The zero-order chi connectivity index (χ0) is 24.6. The third kappa shape index (κ3) is 6.56. The third-order valence-corrected chi connectivity index (χ3v) is 6.33. The van der Waals surface area contributed by atoms with Gasteiger partial charge in [0.2, 0.25) is 0 Å². The molecule has 0 aliphatic rings. The number of furan rings is 1. The molecule has 2 N–H and O–H groups in total. The van der Waals surface area contributed by atoms with Gasteiger partial charge < -0.3 is 28.7 Å². The van der Waals surface area contributed by atoms with Crippen molar-refractivity contribution in [3.8, 4) is 16.9 Å². The molecule has 1 atom stereocenters. The molecule has 35 heavy (non-hydrogen) atoms. The first-order valence-electron chi connectivity index (χ1n) is 11.2. The van der Waals surface area contributed by atoms with Gasteiger partial charge in [0.05, 0.1) is 44.6 Å². The van der Waals surface area contributed by atoms with Crippen molar-refractivity contribution in [3.05, 3.63) is 70.0 Å². The lowest BCUT2D eigenvalue weighted by Crippen LogP contribution is -2.37.